The number of rotatable bonds is 6. The third kappa shape index (κ3) is 5.66. The number of quaternary nitrogens is 2. The van der Waals surface area contributed by atoms with Gasteiger partial charge in [-0.1, -0.05) is 17.7 Å². The lowest BCUT2D eigenvalue weighted by molar-refractivity contribution is -1.02. The molecule has 2 aromatic carbocycles. The molecule has 1 aliphatic rings. The summed E-state index contributed by atoms with van der Waals surface area (Å²) in [4.78, 5) is 14.9. The molecule has 144 valence electrons. The lowest BCUT2D eigenvalue weighted by Crippen LogP contribution is -3.28. The highest BCUT2D eigenvalue weighted by Crippen LogP contribution is 2.18. The second-order valence-electron chi connectivity index (χ2n) is 6.87. The fourth-order valence-electron chi connectivity index (χ4n) is 3.46. The van der Waals surface area contributed by atoms with Crippen LogP contribution in [0, 0.1) is 5.82 Å². The van der Waals surface area contributed by atoms with Gasteiger partial charge in [0.1, 0.15) is 44.3 Å². The van der Waals surface area contributed by atoms with Crippen molar-refractivity contribution >= 4 is 23.2 Å². The Bertz CT molecular complexity index is 795. The predicted molar refractivity (Wildman–Crippen MR) is 103 cm³/mol. The van der Waals surface area contributed by atoms with Crippen LogP contribution in [0.4, 0.5) is 10.1 Å². The van der Waals surface area contributed by atoms with Crippen LogP contribution in [0.2, 0.25) is 5.02 Å². The summed E-state index contributed by atoms with van der Waals surface area (Å²) >= 11 is 5.94. The molecule has 1 saturated heterocycles. The Morgan fingerprint density at radius 2 is 1.89 bits per heavy atom. The molecule has 2 aromatic rings. The fourth-order valence-corrected chi connectivity index (χ4v) is 3.65. The summed E-state index contributed by atoms with van der Waals surface area (Å²) in [5.74, 6) is 0.467. The Hall–Kier alpha value is -2.15. The molecule has 1 fully saturated rings. The van der Waals surface area contributed by atoms with Crippen molar-refractivity contribution in [2.75, 3.05) is 45.2 Å². The van der Waals surface area contributed by atoms with Gasteiger partial charge in [-0.3, -0.25) is 4.79 Å². The number of benzene rings is 2. The van der Waals surface area contributed by atoms with Crippen molar-refractivity contribution in [3.05, 3.63) is 58.9 Å². The molecule has 1 aliphatic heterocycles. The standard InChI is InChI=1S/C20H23ClFN3O2/c1-27-19-6-5-17(22)11-15(19)13-24-7-9-25(10-8-24)14-20(26)23-18-4-2-3-16(21)12-18/h2-6,11-12H,7-10,13-14H2,1H3,(H,23,26)/p+2. The van der Waals surface area contributed by atoms with E-state index in [1.165, 1.54) is 15.9 Å². The Kier molecular flexibility index (Phi) is 6.66. The highest BCUT2D eigenvalue weighted by atomic mass is 35.5. The normalized spacial score (nSPS) is 19.5. The number of ether oxygens (including phenoxy) is 1. The van der Waals surface area contributed by atoms with Crippen LogP contribution in [-0.2, 0) is 11.3 Å². The maximum atomic E-state index is 13.5. The summed E-state index contributed by atoms with van der Waals surface area (Å²) in [5, 5.41) is 3.50. The number of anilines is 1. The molecule has 0 bridgehead atoms. The smallest absolute Gasteiger partial charge is 0.279 e. The first-order valence-electron chi connectivity index (χ1n) is 9.08. The minimum atomic E-state index is -0.243. The maximum absolute atomic E-state index is 13.5. The van der Waals surface area contributed by atoms with E-state index in [2.05, 4.69) is 5.32 Å². The van der Waals surface area contributed by atoms with Crippen molar-refractivity contribution in [3.8, 4) is 5.75 Å². The Labute approximate surface area is 163 Å². The van der Waals surface area contributed by atoms with Crippen molar-refractivity contribution in [2.45, 2.75) is 6.54 Å². The van der Waals surface area contributed by atoms with Gasteiger partial charge in [-0.15, -0.1) is 0 Å². The van der Waals surface area contributed by atoms with Gasteiger partial charge >= 0.3 is 0 Å². The number of hydrogen-bond acceptors (Lipinski definition) is 2. The van der Waals surface area contributed by atoms with Gasteiger partial charge in [-0.25, -0.2) is 4.39 Å². The predicted octanol–water partition coefficient (Wildman–Crippen LogP) is 0.410. The summed E-state index contributed by atoms with van der Waals surface area (Å²) in [5.41, 5.74) is 1.60. The van der Waals surface area contributed by atoms with Gasteiger partial charge in [0.25, 0.3) is 5.91 Å². The van der Waals surface area contributed by atoms with Gasteiger partial charge in [0, 0.05) is 10.7 Å². The molecule has 1 amide bonds. The Morgan fingerprint density at radius 1 is 1.15 bits per heavy atom. The molecule has 0 radical (unpaired) electrons. The first kappa shape index (κ1) is 19.6. The molecular weight excluding hydrogens is 369 g/mol. The number of methoxy groups -OCH3 is 1. The van der Waals surface area contributed by atoms with E-state index in [-0.39, 0.29) is 11.7 Å². The summed E-state index contributed by atoms with van der Waals surface area (Å²) in [7, 11) is 1.60. The van der Waals surface area contributed by atoms with Crippen molar-refractivity contribution in [2.24, 2.45) is 0 Å². The van der Waals surface area contributed by atoms with Crippen molar-refractivity contribution in [1.82, 2.24) is 0 Å². The lowest BCUT2D eigenvalue weighted by atomic mass is 10.1. The number of amides is 1. The van der Waals surface area contributed by atoms with Crippen LogP contribution in [0.3, 0.4) is 0 Å². The van der Waals surface area contributed by atoms with E-state index in [0.717, 1.165) is 49.7 Å². The molecule has 5 nitrogen and oxygen atoms in total. The third-order valence-corrected chi connectivity index (χ3v) is 5.10. The van der Waals surface area contributed by atoms with Crippen LogP contribution in [0.15, 0.2) is 42.5 Å². The molecule has 0 aliphatic carbocycles. The van der Waals surface area contributed by atoms with Gasteiger partial charge in [-0.2, -0.15) is 0 Å². The average molecular weight is 394 g/mol. The molecule has 0 unspecified atom stereocenters. The van der Waals surface area contributed by atoms with Crippen LogP contribution < -0.4 is 19.9 Å². The maximum Gasteiger partial charge on any atom is 0.279 e. The molecule has 3 rings (SSSR count). The number of carbonyl (C=O) groups excluding carboxylic acids is 1. The minimum Gasteiger partial charge on any atom is -0.496 e. The Morgan fingerprint density at radius 3 is 2.59 bits per heavy atom. The monoisotopic (exact) mass is 393 g/mol. The molecule has 7 heteroatoms. The first-order chi connectivity index (χ1) is 13.0. The molecule has 3 N–H and O–H groups in total. The second kappa shape index (κ2) is 9.17. The molecule has 0 saturated carbocycles. The van der Waals surface area contributed by atoms with E-state index < -0.39 is 0 Å². The molecule has 0 spiro atoms. The van der Waals surface area contributed by atoms with Gasteiger partial charge in [0.2, 0.25) is 0 Å². The van der Waals surface area contributed by atoms with Crippen molar-refractivity contribution < 1.29 is 23.7 Å². The molecular formula is C20H25ClFN3O2+2. The molecule has 0 aromatic heterocycles. The molecule has 27 heavy (non-hydrogen) atoms. The summed E-state index contributed by atoms with van der Waals surface area (Å²) in [6.45, 7) is 4.82. The first-order valence-corrected chi connectivity index (χ1v) is 9.46. The van der Waals surface area contributed by atoms with Gasteiger partial charge < -0.3 is 19.9 Å². The largest absolute Gasteiger partial charge is 0.496 e. The van der Waals surface area contributed by atoms with Crippen LogP contribution in [-0.4, -0.2) is 45.7 Å². The van der Waals surface area contributed by atoms with Gasteiger partial charge in [-0.05, 0) is 36.4 Å². The van der Waals surface area contributed by atoms with E-state index in [4.69, 9.17) is 16.3 Å². The number of halogens is 2. The number of carbonyl (C=O) groups is 1. The third-order valence-electron chi connectivity index (χ3n) is 4.87. The zero-order valence-corrected chi connectivity index (χ0v) is 16.1. The number of nitrogens with one attached hydrogen (secondary N) is 3. The molecule has 0 atom stereocenters. The average Bonchev–Trinajstić information content (AvgIpc) is 2.63. The second-order valence-corrected chi connectivity index (χ2v) is 7.30. The summed E-state index contributed by atoms with van der Waals surface area (Å²) < 4.78 is 18.9. The quantitative estimate of drug-likeness (QED) is 0.666. The van der Waals surface area contributed by atoms with Gasteiger partial charge in [0.05, 0.1) is 12.7 Å². The van der Waals surface area contributed by atoms with Crippen LogP contribution in [0.25, 0.3) is 0 Å². The van der Waals surface area contributed by atoms with E-state index in [0.29, 0.717) is 11.6 Å². The zero-order chi connectivity index (χ0) is 19.2. The molecule has 1 heterocycles. The Balaban J connectivity index is 1.47. The zero-order valence-electron chi connectivity index (χ0n) is 15.4. The number of piperazine rings is 1. The van der Waals surface area contributed by atoms with E-state index in [1.54, 1.807) is 31.4 Å². The van der Waals surface area contributed by atoms with Crippen LogP contribution in [0.1, 0.15) is 5.56 Å². The van der Waals surface area contributed by atoms with Crippen LogP contribution >= 0.6 is 11.6 Å². The highest BCUT2D eigenvalue weighted by molar-refractivity contribution is 6.30. The summed E-state index contributed by atoms with van der Waals surface area (Å²) in [6.07, 6.45) is 0. The van der Waals surface area contributed by atoms with E-state index in [9.17, 15) is 9.18 Å². The summed E-state index contributed by atoms with van der Waals surface area (Å²) in [6, 6.07) is 11.8. The highest BCUT2D eigenvalue weighted by Gasteiger charge is 2.25. The van der Waals surface area contributed by atoms with E-state index in [1.807, 2.05) is 12.1 Å². The van der Waals surface area contributed by atoms with Crippen LogP contribution in [0.5, 0.6) is 5.75 Å². The van der Waals surface area contributed by atoms with Gasteiger partial charge in [0.15, 0.2) is 6.54 Å². The van der Waals surface area contributed by atoms with Crippen molar-refractivity contribution in [1.29, 1.82) is 0 Å². The van der Waals surface area contributed by atoms with Crippen molar-refractivity contribution in [3.63, 3.8) is 0 Å². The fraction of sp³-hybridized carbons (Fsp3) is 0.350. The minimum absolute atomic E-state index is 0.0116. The topological polar surface area (TPSA) is 47.2 Å². The van der Waals surface area contributed by atoms with E-state index >= 15 is 0 Å². The number of hydrogen-bond donors (Lipinski definition) is 3. The lowest BCUT2D eigenvalue weighted by Gasteiger charge is -2.29. The SMILES string of the molecule is COc1ccc(F)cc1C[NH+]1CC[NH+](CC(=O)Nc2cccc(Cl)c2)CC1.